The molecule has 1 saturated heterocycles. The lowest BCUT2D eigenvalue weighted by Crippen LogP contribution is -2.35. The summed E-state index contributed by atoms with van der Waals surface area (Å²) in [7, 11) is 0. The molecule has 0 aromatic heterocycles. The van der Waals surface area contributed by atoms with Crippen molar-refractivity contribution in [3.8, 4) is 0 Å². The van der Waals surface area contributed by atoms with Crippen LogP contribution in [0.15, 0.2) is 18.2 Å². The van der Waals surface area contributed by atoms with Gasteiger partial charge in [0.15, 0.2) is 0 Å². The largest absolute Gasteiger partial charge is 0.324 e. The van der Waals surface area contributed by atoms with Crippen molar-refractivity contribution in [2.45, 2.75) is 32.7 Å². The third-order valence-corrected chi connectivity index (χ3v) is 3.03. The minimum atomic E-state index is -0.0140. The fourth-order valence-electron chi connectivity index (χ4n) is 2.00. The first-order chi connectivity index (χ1) is 7.66. The number of nitrogens with one attached hydrogen (secondary N) is 2. The zero-order valence-electron chi connectivity index (χ0n) is 9.84. The van der Waals surface area contributed by atoms with Crippen molar-refractivity contribution in [1.29, 1.82) is 0 Å². The Hall–Kier alpha value is -1.35. The van der Waals surface area contributed by atoms with Gasteiger partial charge in [-0.3, -0.25) is 4.79 Å². The molecule has 3 nitrogen and oxygen atoms in total. The van der Waals surface area contributed by atoms with E-state index in [0.29, 0.717) is 0 Å². The molecular formula is C13H18N2O. The van der Waals surface area contributed by atoms with E-state index >= 15 is 0 Å². The Morgan fingerprint density at radius 1 is 1.44 bits per heavy atom. The average Bonchev–Trinajstić information content (AvgIpc) is 2.76. The first-order valence-electron chi connectivity index (χ1n) is 5.78. The van der Waals surface area contributed by atoms with Crippen LogP contribution in [0.2, 0.25) is 0 Å². The SMILES string of the molecule is Cc1ccc(C)c(NC(=O)C2CCCN2)c1. The molecular weight excluding hydrogens is 200 g/mol. The number of hydrogen-bond acceptors (Lipinski definition) is 2. The van der Waals surface area contributed by atoms with Gasteiger partial charge in [-0.2, -0.15) is 0 Å². The van der Waals surface area contributed by atoms with E-state index in [2.05, 4.69) is 16.7 Å². The van der Waals surface area contributed by atoms with E-state index in [1.807, 2.05) is 26.0 Å². The molecule has 1 aliphatic rings. The van der Waals surface area contributed by atoms with Gasteiger partial charge in [-0.25, -0.2) is 0 Å². The van der Waals surface area contributed by atoms with E-state index in [-0.39, 0.29) is 11.9 Å². The number of benzene rings is 1. The first kappa shape index (κ1) is 11.1. The van der Waals surface area contributed by atoms with Crippen LogP contribution in [-0.4, -0.2) is 18.5 Å². The molecule has 1 aromatic rings. The molecule has 1 aliphatic heterocycles. The smallest absolute Gasteiger partial charge is 0.241 e. The van der Waals surface area contributed by atoms with Gasteiger partial charge in [0.05, 0.1) is 6.04 Å². The highest BCUT2D eigenvalue weighted by molar-refractivity contribution is 5.95. The molecule has 1 unspecified atom stereocenters. The third kappa shape index (κ3) is 2.42. The highest BCUT2D eigenvalue weighted by atomic mass is 16.2. The van der Waals surface area contributed by atoms with Crippen molar-refractivity contribution in [3.05, 3.63) is 29.3 Å². The van der Waals surface area contributed by atoms with Crippen LogP contribution in [0.4, 0.5) is 5.69 Å². The van der Waals surface area contributed by atoms with Crippen LogP contribution < -0.4 is 10.6 Å². The van der Waals surface area contributed by atoms with Gasteiger partial charge in [0.25, 0.3) is 0 Å². The van der Waals surface area contributed by atoms with Crippen molar-refractivity contribution in [2.75, 3.05) is 11.9 Å². The van der Waals surface area contributed by atoms with Crippen molar-refractivity contribution in [1.82, 2.24) is 5.32 Å². The first-order valence-corrected chi connectivity index (χ1v) is 5.78. The fraction of sp³-hybridized carbons (Fsp3) is 0.462. The van der Waals surface area contributed by atoms with Crippen LogP contribution in [0.5, 0.6) is 0 Å². The van der Waals surface area contributed by atoms with E-state index in [4.69, 9.17) is 0 Å². The predicted molar refractivity (Wildman–Crippen MR) is 65.6 cm³/mol. The molecule has 1 fully saturated rings. The minimum absolute atomic E-state index is 0.0140. The van der Waals surface area contributed by atoms with Gasteiger partial charge in [0.2, 0.25) is 5.91 Å². The molecule has 16 heavy (non-hydrogen) atoms. The molecule has 2 rings (SSSR count). The second kappa shape index (κ2) is 4.66. The number of anilines is 1. The van der Waals surface area contributed by atoms with Crippen molar-refractivity contribution in [3.63, 3.8) is 0 Å². The van der Waals surface area contributed by atoms with Crippen LogP contribution in [0.1, 0.15) is 24.0 Å². The van der Waals surface area contributed by atoms with E-state index in [9.17, 15) is 4.79 Å². The third-order valence-electron chi connectivity index (χ3n) is 3.03. The number of aryl methyl sites for hydroxylation is 2. The summed E-state index contributed by atoms with van der Waals surface area (Å²) < 4.78 is 0. The molecule has 0 bridgehead atoms. The van der Waals surface area contributed by atoms with Gasteiger partial charge in [-0.1, -0.05) is 12.1 Å². The number of carbonyl (C=O) groups excluding carboxylic acids is 1. The van der Waals surface area contributed by atoms with E-state index in [0.717, 1.165) is 30.6 Å². The quantitative estimate of drug-likeness (QED) is 0.797. The van der Waals surface area contributed by atoms with Gasteiger partial charge in [-0.05, 0) is 50.4 Å². The number of hydrogen-bond donors (Lipinski definition) is 2. The normalized spacial score (nSPS) is 19.8. The van der Waals surface area contributed by atoms with Crippen LogP contribution >= 0.6 is 0 Å². The molecule has 0 spiro atoms. The molecule has 1 aromatic carbocycles. The van der Waals surface area contributed by atoms with Gasteiger partial charge < -0.3 is 10.6 Å². The van der Waals surface area contributed by atoms with Crippen molar-refractivity contribution in [2.24, 2.45) is 0 Å². The lowest BCUT2D eigenvalue weighted by Gasteiger charge is -2.13. The Morgan fingerprint density at radius 2 is 2.25 bits per heavy atom. The highest BCUT2D eigenvalue weighted by Gasteiger charge is 2.22. The Balaban J connectivity index is 2.07. The monoisotopic (exact) mass is 218 g/mol. The summed E-state index contributed by atoms with van der Waals surface area (Å²) in [6.07, 6.45) is 2.03. The van der Waals surface area contributed by atoms with Crippen molar-refractivity contribution >= 4 is 11.6 Å². The van der Waals surface area contributed by atoms with Crippen molar-refractivity contribution < 1.29 is 4.79 Å². The zero-order valence-corrected chi connectivity index (χ0v) is 9.84. The minimum Gasteiger partial charge on any atom is -0.324 e. The lowest BCUT2D eigenvalue weighted by atomic mass is 10.1. The second-order valence-corrected chi connectivity index (χ2v) is 4.46. The molecule has 1 atom stereocenters. The molecule has 0 radical (unpaired) electrons. The second-order valence-electron chi connectivity index (χ2n) is 4.46. The Bertz CT molecular complexity index is 395. The number of amides is 1. The predicted octanol–water partition coefficient (Wildman–Crippen LogP) is 1.99. The van der Waals surface area contributed by atoms with Crippen LogP contribution in [0, 0.1) is 13.8 Å². The molecule has 0 saturated carbocycles. The molecule has 1 amide bonds. The average molecular weight is 218 g/mol. The van der Waals surface area contributed by atoms with E-state index in [1.165, 1.54) is 5.56 Å². The molecule has 2 N–H and O–H groups in total. The zero-order chi connectivity index (χ0) is 11.5. The van der Waals surface area contributed by atoms with Gasteiger partial charge in [0.1, 0.15) is 0 Å². The molecule has 3 heteroatoms. The topological polar surface area (TPSA) is 41.1 Å². The van der Waals surface area contributed by atoms with Crippen LogP contribution in [0.25, 0.3) is 0 Å². The molecule has 86 valence electrons. The summed E-state index contributed by atoms with van der Waals surface area (Å²) in [5.41, 5.74) is 3.20. The van der Waals surface area contributed by atoms with Crippen LogP contribution in [-0.2, 0) is 4.79 Å². The van der Waals surface area contributed by atoms with Crippen LogP contribution in [0.3, 0.4) is 0 Å². The van der Waals surface area contributed by atoms with E-state index in [1.54, 1.807) is 0 Å². The van der Waals surface area contributed by atoms with Gasteiger partial charge in [-0.15, -0.1) is 0 Å². The lowest BCUT2D eigenvalue weighted by molar-refractivity contribution is -0.117. The Labute approximate surface area is 96.2 Å². The Kier molecular flexibility index (Phi) is 3.25. The Morgan fingerprint density at radius 3 is 2.94 bits per heavy atom. The number of rotatable bonds is 2. The highest BCUT2D eigenvalue weighted by Crippen LogP contribution is 2.17. The maximum atomic E-state index is 11.9. The van der Waals surface area contributed by atoms with Gasteiger partial charge >= 0.3 is 0 Å². The summed E-state index contributed by atoms with van der Waals surface area (Å²) in [5.74, 6) is 0.0891. The summed E-state index contributed by atoms with van der Waals surface area (Å²) in [6, 6.07) is 6.09. The molecule has 0 aliphatic carbocycles. The maximum absolute atomic E-state index is 11.9. The van der Waals surface area contributed by atoms with E-state index < -0.39 is 0 Å². The summed E-state index contributed by atoms with van der Waals surface area (Å²) >= 11 is 0. The summed E-state index contributed by atoms with van der Waals surface area (Å²) in [6.45, 7) is 4.99. The molecule has 1 heterocycles. The maximum Gasteiger partial charge on any atom is 0.241 e. The van der Waals surface area contributed by atoms with Gasteiger partial charge in [0, 0.05) is 5.69 Å². The number of carbonyl (C=O) groups is 1. The standard InChI is InChI=1S/C13H18N2O/c1-9-5-6-10(2)12(8-9)15-13(16)11-4-3-7-14-11/h5-6,8,11,14H,3-4,7H2,1-2H3,(H,15,16). The summed E-state index contributed by atoms with van der Waals surface area (Å²) in [5, 5.41) is 6.19. The summed E-state index contributed by atoms with van der Waals surface area (Å²) in [4.78, 5) is 11.9. The fourth-order valence-corrected chi connectivity index (χ4v) is 2.00.